The van der Waals surface area contributed by atoms with Gasteiger partial charge in [-0.3, -0.25) is 24.8 Å². The van der Waals surface area contributed by atoms with Crippen molar-refractivity contribution < 1.29 is 19.2 Å². The van der Waals surface area contributed by atoms with Crippen LogP contribution in [-0.2, 0) is 25.7 Å². The van der Waals surface area contributed by atoms with E-state index in [0.717, 1.165) is 22.4 Å². The summed E-state index contributed by atoms with van der Waals surface area (Å²) in [6.45, 7) is 0.289. The van der Waals surface area contributed by atoms with E-state index in [2.05, 4.69) is 5.48 Å². The largest absolute Gasteiger partial charge is 0.366 e. The lowest BCUT2D eigenvalue weighted by atomic mass is 9.76. The first-order valence-corrected chi connectivity index (χ1v) is 9.97. The van der Waals surface area contributed by atoms with Gasteiger partial charge in [0.25, 0.3) is 0 Å². The number of amides is 2. The second-order valence-electron chi connectivity index (χ2n) is 7.80. The summed E-state index contributed by atoms with van der Waals surface area (Å²) in [5, 5.41) is 0.646. The molecule has 0 aliphatic carbocycles. The molecule has 146 valence electrons. The van der Waals surface area contributed by atoms with Crippen LogP contribution in [0.4, 0.5) is 0 Å². The average Bonchev–Trinajstić information content (AvgIpc) is 3.47. The highest BCUT2D eigenvalue weighted by molar-refractivity contribution is 6.30. The fraction of sp³-hybridized carbons (Fsp3) is 0.273. The Morgan fingerprint density at radius 2 is 1.66 bits per heavy atom. The van der Waals surface area contributed by atoms with Crippen LogP contribution in [-0.4, -0.2) is 35.0 Å². The number of nitrogens with zero attached hydrogens (tertiary/aromatic N) is 1. The summed E-state index contributed by atoms with van der Waals surface area (Å²) in [4.78, 5) is 33.4. The number of benzene rings is 2. The molecule has 3 fully saturated rings. The molecule has 0 saturated carbocycles. The number of imide groups is 1. The maximum atomic E-state index is 13.2. The number of carbonyl (C=O) groups is 2. The Hall–Kier alpha value is -2.67. The molecule has 3 saturated heterocycles. The van der Waals surface area contributed by atoms with Crippen molar-refractivity contribution in [2.75, 3.05) is 0 Å². The summed E-state index contributed by atoms with van der Waals surface area (Å²) in [6, 6.07) is 17.0. The van der Waals surface area contributed by atoms with Crippen LogP contribution in [0.2, 0.25) is 5.02 Å². The highest BCUT2D eigenvalue weighted by Crippen LogP contribution is 2.55. The van der Waals surface area contributed by atoms with Crippen LogP contribution in [0.15, 0.2) is 60.2 Å². The number of hydrogen-bond donors (Lipinski definition) is 1. The summed E-state index contributed by atoms with van der Waals surface area (Å²) in [6.07, 6.45) is -1.26. The van der Waals surface area contributed by atoms with Crippen molar-refractivity contribution >= 4 is 29.1 Å². The van der Waals surface area contributed by atoms with Gasteiger partial charge in [0.1, 0.15) is 12.2 Å². The van der Waals surface area contributed by atoms with Crippen molar-refractivity contribution in [3.05, 3.63) is 76.3 Å². The van der Waals surface area contributed by atoms with Crippen LogP contribution in [0, 0.1) is 11.8 Å². The molecule has 2 bridgehead atoms. The molecule has 4 heterocycles. The minimum absolute atomic E-state index is 0.162. The molecule has 5 atom stereocenters. The van der Waals surface area contributed by atoms with Crippen LogP contribution >= 0.6 is 11.6 Å². The van der Waals surface area contributed by atoms with E-state index in [9.17, 15) is 9.59 Å². The number of hydrogen-bond acceptors (Lipinski definition) is 5. The van der Waals surface area contributed by atoms with Gasteiger partial charge in [0.05, 0.1) is 30.2 Å². The standard InChI is InChI=1S/C22H17ClN2O4/c23-13-8-6-12(7-9-13)17-16-18-14-15(19(28-18)20(16)29-24-17)22(27)25(21(14)26)10-11-4-2-1-3-5-11/h1-9,14-15,18-20,24H,10H2/t14-,15+,18-,19+,20+/m0/s1. The zero-order chi connectivity index (χ0) is 19.7. The number of ether oxygens (including phenoxy) is 1. The summed E-state index contributed by atoms with van der Waals surface area (Å²) in [5.74, 6) is -1.31. The van der Waals surface area contributed by atoms with Crippen molar-refractivity contribution in [1.82, 2.24) is 10.4 Å². The van der Waals surface area contributed by atoms with Gasteiger partial charge in [-0.25, -0.2) is 0 Å². The lowest BCUT2D eigenvalue weighted by molar-refractivity contribution is -0.144. The maximum Gasteiger partial charge on any atom is 0.236 e. The summed E-state index contributed by atoms with van der Waals surface area (Å²) in [5.41, 5.74) is 6.55. The normalized spacial score (nSPS) is 32.0. The lowest BCUT2D eigenvalue weighted by Gasteiger charge is -2.22. The lowest BCUT2D eigenvalue weighted by Crippen LogP contribution is -2.40. The Morgan fingerprint density at radius 3 is 2.41 bits per heavy atom. The monoisotopic (exact) mass is 408 g/mol. The predicted molar refractivity (Wildman–Crippen MR) is 104 cm³/mol. The molecule has 4 aliphatic rings. The molecule has 6 rings (SSSR count). The van der Waals surface area contributed by atoms with E-state index in [4.69, 9.17) is 21.2 Å². The van der Waals surface area contributed by atoms with Crippen LogP contribution < -0.4 is 5.48 Å². The van der Waals surface area contributed by atoms with E-state index in [-0.39, 0.29) is 24.5 Å². The fourth-order valence-corrected chi connectivity index (χ4v) is 5.13. The fourth-order valence-electron chi connectivity index (χ4n) is 5.00. The van der Waals surface area contributed by atoms with Crippen molar-refractivity contribution in [3.8, 4) is 0 Å². The van der Waals surface area contributed by atoms with Gasteiger partial charge in [-0.15, -0.1) is 0 Å². The van der Waals surface area contributed by atoms with E-state index >= 15 is 0 Å². The quantitative estimate of drug-likeness (QED) is 0.790. The number of hydroxylamine groups is 1. The molecule has 0 aromatic heterocycles. The molecular weight excluding hydrogens is 392 g/mol. The number of fused-ring (bicyclic) bond motifs is 8. The smallest absolute Gasteiger partial charge is 0.236 e. The van der Waals surface area contributed by atoms with Crippen LogP contribution in [0.1, 0.15) is 11.1 Å². The predicted octanol–water partition coefficient (Wildman–Crippen LogP) is 2.54. The van der Waals surface area contributed by atoms with Crippen molar-refractivity contribution in [3.63, 3.8) is 0 Å². The number of halogens is 1. The van der Waals surface area contributed by atoms with E-state index in [1.54, 1.807) is 0 Å². The second kappa shape index (κ2) is 6.16. The molecule has 0 spiro atoms. The minimum atomic E-state index is -0.492. The molecule has 2 aromatic carbocycles. The molecule has 0 radical (unpaired) electrons. The van der Waals surface area contributed by atoms with Gasteiger partial charge in [-0.05, 0) is 17.7 Å². The molecule has 6 nitrogen and oxygen atoms in total. The third kappa shape index (κ3) is 2.37. The SMILES string of the molecule is O=C1[C@H]2[C@H]3O[C@H](C4=C(c5ccc(Cl)cc5)NO[C@H]43)[C@H]2C(=O)N1Cc1ccccc1. The molecule has 2 amide bonds. The second-order valence-corrected chi connectivity index (χ2v) is 8.24. The zero-order valence-electron chi connectivity index (χ0n) is 15.2. The van der Waals surface area contributed by atoms with Crippen molar-refractivity contribution in [2.24, 2.45) is 11.8 Å². The number of rotatable bonds is 3. The molecule has 7 heteroatoms. The first-order chi connectivity index (χ1) is 14.1. The van der Waals surface area contributed by atoms with Crippen LogP contribution in [0.25, 0.3) is 5.70 Å². The summed E-state index contributed by atoms with van der Waals surface area (Å²) < 4.78 is 6.10. The Morgan fingerprint density at radius 1 is 0.931 bits per heavy atom. The topological polar surface area (TPSA) is 67.9 Å². The van der Waals surface area contributed by atoms with E-state index < -0.39 is 24.0 Å². The number of nitrogens with one attached hydrogen (secondary N) is 1. The zero-order valence-corrected chi connectivity index (χ0v) is 16.0. The molecule has 2 aromatic rings. The molecule has 0 unspecified atom stereocenters. The van der Waals surface area contributed by atoms with E-state index in [1.807, 2.05) is 54.6 Å². The van der Waals surface area contributed by atoms with Gasteiger partial charge in [-0.2, -0.15) is 0 Å². The van der Waals surface area contributed by atoms with Gasteiger partial charge in [0, 0.05) is 16.2 Å². The van der Waals surface area contributed by atoms with E-state index in [1.165, 1.54) is 4.90 Å². The highest BCUT2D eigenvalue weighted by atomic mass is 35.5. The van der Waals surface area contributed by atoms with E-state index in [0.29, 0.717) is 5.02 Å². The molecular formula is C22H17ClN2O4. The molecule has 29 heavy (non-hydrogen) atoms. The number of likely N-dealkylation sites (tertiary alicyclic amines) is 1. The third-order valence-corrected chi connectivity index (χ3v) is 6.53. The Labute approximate surface area is 172 Å². The van der Waals surface area contributed by atoms with Gasteiger partial charge < -0.3 is 4.74 Å². The van der Waals surface area contributed by atoms with Gasteiger partial charge in [-0.1, -0.05) is 54.1 Å². The van der Waals surface area contributed by atoms with Gasteiger partial charge >= 0.3 is 0 Å². The third-order valence-electron chi connectivity index (χ3n) is 6.28. The first-order valence-electron chi connectivity index (χ1n) is 9.60. The van der Waals surface area contributed by atoms with Crippen molar-refractivity contribution in [1.29, 1.82) is 0 Å². The minimum Gasteiger partial charge on any atom is -0.366 e. The average molecular weight is 409 g/mol. The molecule has 4 aliphatic heterocycles. The van der Waals surface area contributed by atoms with Gasteiger partial charge in [0.15, 0.2) is 0 Å². The molecule has 1 N–H and O–H groups in total. The Bertz CT molecular complexity index is 1050. The number of carbonyl (C=O) groups excluding carboxylic acids is 2. The Balaban J connectivity index is 1.35. The van der Waals surface area contributed by atoms with Crippen LogP contribution in [0.5, 0.6) is 0 Å². The summed E-state index contributed by atoms with van der Waals surface area (Å²) in [7, 11) is 0. The van der Waals surface area contributed by atoms with Gasteiger partial charge in [0.2, 0.25) is 11.8 Å². The highest BCUT2D eigenvalue weighted by Gasteiger charge is 2.69. The van der Waals surface area contributed by atoms with Crippen molar-refractivity contribution in [2.45, 2.75) is 24.9 Å². The Kier molecular flexibility index (Phi) is 3.66. The first kappa shape index (κ1) is 17.2. The summed E-state index contributed by atoms with van der Waals surface area (Å²) >= 11 is 6.00. The van der Waals surface area contributed by atoms with Crippen LogP contribution in [0.3, 0.4) is 0 Å². The maximum absolute atomic E-state index is 13.2.